The predicted molar refractivity (Wildman–Crippen MR) is 59.8 cm³/mol. The van der Waals surface area contributed by atoms with E-state index in [1.165, 1.54) is 19.3 Å². The first-order valence-electron chi connectivity index (χ1n) is 5.10. The summed E-state index contributed by atoms with van der Waals surface area (Å²) in [5, 5.41) is 3.25. The Balaban J connectivity index is 2.15. The van der Waals surface area contributed by atoms with Crippen LogP contribution in [0.5, 0.6) is 0 Å². The van der Waals surface area contributed by atoms with E-state index in [9.17, 15) is 0 Å². The fourth-order valence-corrected chi connectivity index (χ4v) is 1.38. The van der Waals surface area contributed by atoms with Crippen LogP contribution < -0.4 is 16.0 Å². The van der Waals surface area contributed by atoms with Gasteiger partial charge < -0.3 is 16.0 Å². The van der Waals surface area contributed by atoms with Gasteiger partial charge in [0, 0.05) is 20.1 Å². The van der Waals surface area contributed by atoms with Crippen LogP contribution in [0.3, 0.4) is 0 Å². The van der Waals surface area contributed by atoms with Crippen molar-refractivity contribution in [3.8, 4) is 0 Å². The molecule has 0 unspecified atom stereocenters. The standard InChI is InChI=1S/C9H16N6/c1-15(2)9-13-7(10)12-8(14-9)11-6-4-3-5-6/h6H,3-5H2,1-2H3,(H3,10,11,12,13,14). The van der Waals surface area contributed by atoms with Crippen LogP contribution in [0.4, 0.5) is 17.8 Å². The number of nitrogens with one attached hydrogen (secondary N) is 1. The van der Waals surface area contributed by atoms with Crippen molar-refractivity contribution < 1.29 is 0 Å². The molecule has 6 nitrogen and oxygen atoms in total. The van der Waals surface area contributed by atoms with E-state index in [2.05, 4.69) is 20.3 Å². The van der Waals surface area contributed by atoms with Crippen LogP contribution in [0.2, 0.25) is 0 Å². The van der Waals surface area contributed by atoms with E-state index in [0.717, 1.165) is 0 Å². The second-order valence-electron chi connectivity index (χ2n) is 3.98. The number of aromatic nitrogens is 3. The Labute approximate surface area is 88.9 Å². The lowest BCUT2D eigenvalue weighted by Crippen LogP contribution is -2.28. The molecule has 1 aliphatic rings. The Morgan fingerprint density at radius 1 is 1.27 bits per heavy atom. The first-order chi connectivity index (χ1) is 7.15. The van der Waals surface area contributed by atoms with Gasteiger partial charge in [-0.3, -0.25) is 0 Å². The summed E-state index contributed by atoms with van der Waals surface area (Å²) in [6.07, 6.45) is 3.64. The first-order valence-corrected chi connectivity index (χ1v) is 5.10. The lowest BCUT2D eigenvalue weighted by molar-refractivity contribution is 0.443. The van der Waals surface area contributed by atoms with Gasteiger partial charge in [0.15, 0.2) is 0 Å². The summed E-state index contributed by atoms with van der Waals surface area (Å²) in [7, 11) is 3.75. The van der Waals surface area contributed by atoms with Crippen LogP contribution in [0.25, 0.3) is 0 Å². The molecule has 0 saturated heterocycles. The Hall–Kier alpha value is -1.59. The summed E-state index contributed by atoms with van der Waals surface area (Å²) in [5.74, 6) is 1.43. The van der Waals surface area contributed by atoms with Crippen molar-refractivity contribution >= 4 is 17.8 Å². The highest BCUT2D eigenvalue weighted by molar-refractivity contribution is 5.41. The van der Waals surface area contributed by atoms with E-state index in [0.29, 0.717) is 17.9 Å². The van der Waals surface area contributed by atoms with Gasteiger partial charge in [0.1, 0.15) is 0 Å². The largest absolute Gasteiger partial charge is 0.368 e. The van der Waals surface area contributed by atoms with Crippen molar-refractivity contribution in [2.75, 3.05) is 30.0 Å². The SMILES string of the molecule is CN(C)c1nc(N)nc(NC2CCC2)n1. The van der Waals surface area contributed by atoms with E-state index >= 15 is 0 Å². The summed E-state index contributed by atoms with van der Waals surface area (Å²) in [6, 6.07) is 0.502. The predicted octanol–water partition coefficient (Wildman–Crippen LogP) is 0.484. The van der Waals surface area contributed by atoms with E-state index in [1.54, 1.807) is 0 Å². The summed E-state index contributed by atoms with van der Waals surface area (Å²) in [4.78, 5) is 14.2. The molecule has 0 aromatic carbocycles. The van der Waals surface area contributed by atoms with E-state index in [4.69, 9.17) is 5.73 Å². The van der Waals surface area contributed by atoms with Gasteiger partial charge in [-0.05, 0) is 19.3 Å². The molecule has 2 rings (SSSR count). The minimum absolute atomic E-state index is 0.260. The lowest BCUT2D eigenvalue weighted by atomic mass is 9.93. The number of rotatable bonds is 3. The number of nitrogen functional groups attached to an aromatic ring is 1. The van der Waals surface area contributed by atoms with Gasteiger partial charge in [0.05, 0.1) is 0 Å². The topological polar surface area (TPSA) is 80.0 Å². The van der Waals surface area contributed by atoms with Crippen molar-refractivity contribution in [1.29, 1.82) is 0 Å². The van der Waals surface area contributed by atoms with E-state index < -0.39 is 0 Å². The molecule has 1 aromatic rings. The zero-order valence-corrected chi connectivity index (χ0v) is 9.06. The van der Waals surface area contributed by atoms with Crippen molar-refractivity contribution in [2.45, 2.75) is 25.3 Å². The van der Waals surface area contributed by atoms with Gasteiger partial charge in [-0.15, -0.1) is 0 Å². The third-order valence-electron chi connectivity index (χ3n) is 2.48. The van der Waals surface area contributed by atoms with Gasteiger partial charge in [0.2, 0.25) is 17.8 Å². The quantitative estimate of drug-likeness (QED) is 0.752. The van der Waals surface area contributed by atoms with Gasteiger partial charge in [0.25, 0.3) is 0 Å². The third kappa shape index (κ3) is 2.26. The summed E-state index contributed by atoms with van der Waals surface area (Å²) in [6.45, 7) is 0. The van der Waals surface area contributed by atoms with Crippen molar-refractivity contribution in [1.82, 2.24) is 15.0 Å². The molecule has 6 heteroatoms. The molecule has 3 N–H and O–H groups in total. The first kappa shape index (κ1) is 9.95. The molecule has 1 saturated carbocycles. The van der Waals surface area contributed by atoms with Crippen LogP contribution in [0, 0.1) is 0 Å². The minimum atomic E-state index is 0.260. The van der Waals surface area contributed by atoms with Crippen LogP contribution in [0.1, 0.15) is 19.3 Å². The summed E-state index contributed by atoms with van der Waals surface area (Å²) >= 11 is 0. The van der Waals surface area contributed by atoms with Gasteiger partial charge >= 0.3 is 0 Å². The number of hydrogen-bond acceptors (Lipinski definition) is 6. The highest BCUT2D eigenvalue weighted by Crippen LogP contribution is 2.22. The Kier molecular flexibility index (Phi) is 2.57. The van der Waals surface area contributed by atoms with E-state index in [1.807, 2.05) is 19.0 Å². The molecular weight excluding hydrogens is 192 g/mol. The molecule has 1 heterocycles. The maximum atomic E-state index is 5.60. The number of anilines is 3. The second-order valence-corrected chi connectivity index (χ2v) is 3.98. The Morgan fingerprint density at radius 2 is 2.00 bits per heavy atom. The highest BCUT2D eigenvalue weighted by atomic mass is 15.3. The third-order valence-corrected chi connectivity index (χ3v) is 2.48. The Bertz CT molecular complexity index is 346. The molecule has 1 aromatic heterocycles. The lowest BCUT2D eigenvalue weighted by Gasteiger charge is -2.26. The molecule has 82 valence electrons. The van der Waals surface area contributed by atoms with Crippen LogP contribution >= 0.6 is 0 Å². The number of nitrogens with zero attached hydrogens (tertiary/aromatic N) is 4. The normalized spacial score (nSPS) is 15.9. The van der Waals surface area contributed by atoms with Gasteiger partial charge in [-0.2, -0.15) is 15.0 Å². The molecule has 0 atom stereocenters. The molecular formula is C9H16N6. The smallest absolute Gasteiger partial charge is 0.231 e. The molecule has 0 spiro atoms. The average molecular weight is 208 g/mol. The molecule has 15 heavy (non-hydrogen) atoms. The summed E-state index contributed by atoms with van der Waals surface area (Å²) < 4.78 is 0. The average Bonchev–Trinajstić information content (AvgIpc) is 2.10. The molecule has 0 amide bonds. The molecule has 1 aliphatic carbocycles. The van der Waals surface area contributed by atoms with Crippen molar-refractivity contribution in [3.63, 3.8) is 0 Å². The van der Waals surface area contributed by atoms with Gasteiger partial charge in [-0.25, -0.2) is 0 Å². The summed E-state index contributed by atoms with van der Waals surface area (Å²) in [5.41, 5.74) is 5.60. The molecule has 0 bridgehead atoms. The van der Waals surface area contributed by atoms with Crippen molar-refractivity contribution in [2.24, 2.45) is 0 Å². The van der Waals surface area contributed by atoms with Gasteiger partial charge in [-0.1, -0.05) is 0 Å². The van der Waals surface area contributed by atoms with Crippen molar-refractivity contribution in [3.05, 3.63) is 0 Å². The van der Waals surface area contributed by atoms with Crippen LogP contribution in [-0.2, 0) is 0 Å². The minimum Gasteiger partial charge on any atom is -0.368 e. The fraction of sp³-hybridized carbons (Fsp3) is 0.667. The Morgan fingerprint density at radius 3 is 2.53 bits per heavy atom. The highest BCUT2D eigenvalue weighted by Gasteiger charge is 2.18. The van der Waals surface area contributed by atoms with Crippen LogP contribution in [-0.4, -0.2) is 35.1 Å². The van der Waals surface area contributed by atoms with Crippen LogP contribution in [0.15, 0.2) is 0 Å². The maximum absolute atomic E-state index is 5.60. The fourth-order valence-electron chi connectivity index (χ4n) is 1.38. The second kappa shape index (κ2) is 3.88. The number of nitrogens with two attached hydrogens (primary N) is 1. The molecule has 1 fully saturated rings. The monoisotopic (exact) mass is 208 g/mol. The molecule has 0 radical (unpaired) electrons. The zero-order valence-electron chi connectivity index (χ0n) is 9.06. The zero-order chi connectivity index (χ0) is 10.8. The molecule has 0 aliphatic heterocycles. The number of hydrogen-bond donors (Lipinski definition) is 2. The van der Waals surface area contributed by atoms with E-state index in [-0.39, 0.29) is 5.95 Å². The maximum Gasteiger partial charge on any atom is 0.231 e.